The van der Waals surface area contributed by atoms with E-state index in [-0.39, 0.29) is 11.9 Å². The monoisotopic (exact) mass is 482 g/mol. The molecule has 0 fully saturated rings. The van der Waals surface area contributed by atoms with Gasteiger partial charge in [0.25, 0.3) is 5.91 Å². The maximum atomic E-state index is 13.8. The number of ether oxygens (including phenoxy) is 1. The molecule has 1 aromatic carbocycles. The highest BCUT2D eigenvalue weighted by Crippen LogP contribution is 2.28. The van der Waals surface area contributed by atoms with Crippen LogP contribution in [0, 0.1) is 11.8 Å². The number of carbonyl (C=O) groups is 1. The summed E-state index contributed by atoms with van der Waals surface area (Å²) in [7, 11) is 1.83. The van der Waals surface area contributed by atoms with Gasteiger partial charge in [-0.1, -0.05) is 50.3 Å². The highest BCUT2D eigenvalue weighted by Gasteiger charge is 2.25. The van der Waals surface area contributed by atoms with Crippen molar-refractivity contribution < 1.29 is 9.53 Å². The molecule has 1 amide bonds. The first-order valence-corrected chi connectivity index (χ1v) is 12.1. The molecule has 1 aromatic heterocycles. The third kappa shape index (κ3) is 7.50. The number of hydrogen-bond donors (Lipinski definition) is 0. The van der Waals surface area contributed by atoms with Gasteiger partial charge in [-0.3, -0.25) is 9.80 Å². The van der Waals surface area contributed by atoms with Crippen molar-refractivity contribution in [3.63, 3.8) is 0 Å². The van der Waals surface area contributed by atoms with Crippen LogP contribution in [-0.2, 0) is 0 Å². The second-order valence-corrected chi connectivity index (χ2v) is 8.53. The first kappa shape index (κ1) is 27.2. The summed E-state index contributed by atoms with van der Waals surface area (Å²) in [5.74, 6) is 6.62. The lowest BCUT2D eigenvalue weighted by molar-refractivity contribution is 0.0647. The normalized spacial score (nSPS) is 12.6. The summed E-state index contributed by atoms with van der Waals surface area (Å²) >= 11 is 5.90. The maximum Gasteiger partial charge on any atom is 0.256 e. The molecule has 0 saturated carbocycles. The number of carbonyl (C=O) groups excluding carboxylic acids is 1. The number of pyridine rings is 1. The Morgan fingerprint density at radius 3 is 2.62 bits per heavy atom. The first-order valence-electron chi connectivity index (χ1n) is 11.8. The third-order valence-corrected chi connectivity index (χ3v) is 5.89. The summed E-state index contributed by atoms with van der Waals surface area (Å²) in [6.45, 7) is 11.1. The highest BCUT2D eigenvalue weighted by molar-refractivity contribution is 6.30. The van der Waals surface area contributed by atoms with Gasteiger partial charge >= 0.3 is 0 Å². The lowest BCUT2D eigenvalue weighted by Gasteiger charge is -2.30. The van der Waals surface area contributed by atoms with Gasteiger partial charge in [0.05, 0.1) is 28.5 Å². The molecule has 7 heteroatoms. The van der Waals surface area contributed by atoms with E-state index in [0.717, 1.165) is 24.1 Å². The largest absolute Gasteiger partial charge is 0.475 e. The van der Waals surface area contributed by atoms with Gasteiger partial charge in [-0.2, -0.15) is 5.10 Å². The molecule has 2 rings (SSSR count). The van der Waals surface area contributed by atoms with Crippen molar-refractivity contribution in [2.75, 3.05) is 25.2 Å². The van der Waals surface area contributed by atoms with Gasteiger partial charge in [0, 0.05) is 32.3 Å². The van der Waals surface area contributed by atoms with Gasteiger partial charge in [-0.15, -0.1) is 0 Å². The molecular formula is C27H35ClN4O2. The molecule has 182 valence electrons. The van der Waals surface area contributed by atoms with Crippen molar-refractivity contribution in [1.29, 1.82) is 0 Å². The second-order valence-electron chi connectivity index (χ2n) is 8.09. The summed E-state index contributed by atoms with van der Waals surface area (Å²) < 4.78 is 5.81. The van der Waals surface area contributed by atoms with Crippen LogP contribution in [-0.4, -0.2) is 48.2 Å². The van der Waals surface area contributed by atoms with E-state index in [1.165, 1.54) is 6.20 Å². The van der Waals surface area contributed by atoms with Crippen LogP contribution in [0.25, 0.3) is 0 Å². The van der Waals surface area contributed by atoms with Crippen LogP contribution in [0.3, 0.4) is 0 Å². The second kappa shape index (κ2) is 13.6. The number of hydrazone groups is 1. The van der Waals surface area contributed by atoms with E-state index < -0.39 is 0 Å². The zero-order valence-electron chi connectivity index (χ0n) is 21.0. The molecule has 0 aliphatic rings. The van der Waals surface area contributed by atoms with Crippen molar-refractivity contribution in [1.82, 2.24) is 9.88 Å². The molecule has 2 aromatic rings. The molecule has 0 aliphatic carbocycles. The van der Waals surface area contributed by atoms with Crippen molar-refractivity contribution >= 4 is 29.4 Å². The Labute approximate surface area is 209 Å². The van der Waals surface area contributed by atoms with E-state index in [2.05, 4.69) is 41.8 Å². The summed E-state index contributed by atoms with van der Waals surface area (Å²) in [6, 6.07) is 9.30. The van der Waals surface area contributed by atoms with Crippen LogP contribution < -0.4 is 9.75 Å². The quantitative estimate of drug-likeness (QED) is 0.236. The van der Waals surface area contributed by atoms with Crippen LogP contribution in [0.2, 0.25) is 5.02 Å². The zero-order valence-corrected chi connectivity index (χ0v) is 21.8. The fourth-order valence-corrected chi connectivity index (χ4v) is 3.54. The van der Waals surface area contributed by atoms with Gasteiger partial charge in [0.2, 0.25) is 5.88 Å². The fourth-order valence-electron chi connectivity index (χ4n) is 3.43. The molecule has 0 saturated heterocycles. The Morgan fingerprint density at radius 1 is 1.24 bits per heavy atom. The standard InChI is InChI=1S/C27H35ClN4O2/c1-7-10-11-16-30-31(6)25-14-12-22(20(4)8-2)17-24(25)27(33)32(9-3)21(5)19-34-26-15-13-23(28)18-29-26/h12-18,20-21H,7-9,19H2,1-6H3/b30-16-. The third-order valence-electron chi connectivity index (χ3n) is 5.66. The molecular weight excluding hydrogens is 448 g/mol. The minimum absolute atomic E-state index is 0.0653. The Hall–Kier alpha value is -3.04. The van der Waals surface area contributed by atoms with Gasteiger partial charge in [0.1, 0.15) is 6.61 Å². The summed E-state index contributed by atoms with van der Waals surface area (Å²) in [4.78, 5) is 19.7. The number of rotatable bonds is 10. The Morgan fingerprint density at radius 2 is 2.00 bits per heavy atom. The maximum absolute atomic E-state index is 13.8. The van der Waals surface area contributed by atoms with Crippen LogP contribution in [0.5, 0.6) is 5.88 Å². The van der Waals surface area contributed by atoms with E-state index in [1.54, 1.807) is 23.4 Å². The minimum Gasteiger partial charge on any atom is -0.475 e. The lowest BCUT2D eigenvalue weighted by atomic mass is 9.95. The van der Waals surface area contributed by atoms with Crippen molar-refractivity contribution in [3.05, 3.63) is 52.7 Å². The number of anilines is 1. The SMILES string of the molecule is CCC#C/C=N\N(C)c1ccc(C(C)CC)cc1C(=O)N(CC)C(C)COc1ccc(Cl)cn1. The van der Waals surface area contributed by atoms with Crippen LogP contribution >= 0.6 is 11.6 Å². The molecule has 2 atom stereocenters. The summed E-state index contributed by atoms with van der Waals surface area (Å²) in [5, 5.41) is 6.65. The van der Waals surface area contributed by atoms with Crippen molar-refractivity contribution in [2.24, 2.45) is 5.10 Å². The van der Waals surface area contributed by atoms with E-state index in [9.17, 15) is 4.79 Å². The molecule has 1 heterocycles. The van der Waals surface area contributed by atoms with Crippen molar-refractivity contribution in [3.8, 4) is 17.7 Å². The summed E-state index contributed by atoms with van der Waals surface area (Å²) in [6.07, 6.45) is 4.86. The number of nitrogens with zero attached hydrogens (tertiary/aromatic N) is 4. The number of halogens is 1. The lowest BCUT2D eigenvalue weighted by Crippen LogP contribution is -2.42. The predicted molar refractivity (Wildman–Crippen MR) is 141 cm³/mol. The average molecular weight is 483 g/mol. The number of aromatic nitrogens is 1. The van der Waals surface area contributed by atoms with Gasteiger partial charge in [-0.05, 0) is 49.9 Å². The molecule has 6 nitrogen and oxygen atoms in total. The zero-order chi connectivity index (χ0) is 25.1. The van der Waals surface area contributed by atoms with Crippen LogP contribution in [0.1, 0.15) is 69.3 Å². The van der Waals surface area contributed by atoms with Crippen LogP contribution in [0.4, 0.5) is 5.69 Å². The van der Waals surface area contributed by atoms with Gasteiger partial charge < -0.3 is 9.64 Å². The molecule has 0 bridgehead atoms. The predicted octanol–water partition coefficient (Wildman–Crippen LogP) is 6.01. The Bertz CT molecular complexity index is 1030. The molecule has 2 unspecified atom stereocenters. The first-order chi connectivity index (χ1) is 16.3. The van der Waals surface area contributed by atoms with Crippen LogP contribution in [0.15, 0.2) is 41.6 Å². The molecule has 0 radical (unpaired) electrons. The van der Waals surface area contributed by atoms with E-state index >= 15 is 0 Å². The Kier molecular flexibility index (Phi) is 10.9. The Balaban J connectivity index is 2.32. The molecule has 34 heavy (non-hydrogen) atoms. The molecule has 0 aliphatic heterocycles. The smallest absolute Gasteiger partial charge is 0.256 e. The van der Waals surface area contributed by atoms with E-state index in [0.29, 0.717) is 35.5 Å². The molecule has 0 spiro atoms. The van der Waals surface area contributed by atoms with E-state index in [1.807, 2.05) is 44.9 Å². The fraction of sp³-hybridized carbons (Fsp3) is 0.444. The summed E-state index contributed by atoms with van der Waals surface area (Å²) in [5.41, 5.74) is 2.47. The number of hydrogen-bond acceptors (Lipinski definition) is 5. The topological polar surface area (TPSA) is 58.0 Å². The number of likely N-dealkylation sites (N-methyl/N-ethyl adjacent to an activating group) is 1. The van der Waals surface area contributed by atoms with Gasteiger partial charge in [0.15, 0.2) is 0 Å². The minimum atomic E-state index is -0.167. The van der Waals surface area contributed by atoms with Crippen molar-refractivity contribution in [2.45, 2.75) is 59.4 Å². The number of benzene rings is 1. The highest BCUT2D eigenvalue weighted by atomic mass is 35.5. The van der Waals surface area contributed by atoms with E-state index in [4.69, 9.17) is 16.3 Å². The van der Waals surface area contributed by atoms with Gasteiger partial charge in [-0.25, -0.2) is 4.98 Å². The molecule has 0 N–H and O–H groups in total. The number of amides is 1. The average Bonchev–Trinajstić information content (AvgIpc) is 2.85.